The van der Waals surface area contributed by atoms with Crippen molar-refractivity contribution in [3.8, 4) is 0 Å². The first-order valence-corrected chi connectivity index (χ1v) is 8.08. The van der Waals surface area contributed by atoms with Crippen LogP contribution in [0.15, 0.2) is 0 Å². The molecule has 0 aromatic carbocycles. The van der Waals surface area contributed by atoms with Gasteiger partial charge in [0.2, 0.25) is 0 Å². The van der Waals surface area contributed by atoms with Gasteiger partial charge in [0.1, 0.15) is 0 Å². The summed E-state index contributed by atoms with van der Waals surface area (Å²) in [5.74, 6) is 1.78. The van der Waals surface area contributed by atoms with Gasteiger partial charge in [-0.2, -0.15) is 0 Å². The Balaban J connectivity index is 2.91. The Morgan fingerprint density at radius 3 is 1.55 bits per heavy atom. The summed E-state index contributed by atoms with van der Waals surface area (Å²) in [4.78, 5) is 0. The van der Waals surface area contributed by atoms with Crippen LogP contribution in [0.1, 0.15) is 0 Å². The van der Waals surface area contributed by atoms with Gasteiger partial charge in [0.15, 0.2) is 0 Å². The molecule has 0 atom stereocenters. The van der Waals surface area contributed by atoms with Crippen molar-refractivity contribution >= 4 is 87.8 Å². The standard InChI is InChI=1S/C4H6Br4OS2/c5-3(6)1-10-9-11-2-4(7)8/h3-4H,1-2H2. The molecule has 7 heteroatoms. The van der Waals surface area contributed by atoms with Gasteiger partial charge in [0.25, 0.3) is 0 Å². The lowest BCUT2D eigenvalue weighted by atomic mass is 11.0. The zero-order valence-corrected chi connectivity index (χ0v) is 13.3. The predicted octanol–water partition coefficient (Wildman–Crippen LogP) is 4.53. The van der Waals surface area contributed by atoms with E-state index in [0.717, 1.165) is 11.5 Å². The lowest BCUT2D eigenvalue weighted by Crippen LogP contribution is -1.91. The second-order valence-electron chi connectivity index (χ2n) is 1.42. The molecule has 0 aromatic heterocycles. The molecule has 0 rings (SSSR count). The Bertz CT molecular complexity index is 82.2. The number of alkyl halides is 4. The Kier molecular flexibility index (Phi) is 11.3. The van der Waals surface area contributed by atoms with E-state index in [-0.39, 0.29) is 0 Å². The summed E-state index contributed by atoms with van der Waals surface area (Å²) in [6, 6.07) is 0. The number of hydrogen-bond donors (Lipinski definition) is 0. The molecule has 0 aromatic rings. The predicted molar refractivity (Wildman–Crippen MR) is 69.3 cm³/mol. The molecule has 0 aliphatic rings. The molecule has 0 heterocycles. The average molecular weight is 454 g/mol. The first kappa shape index (κ1) is 13.6. The summed E-state index contributed by atoms with van der Waals surface area (Å²) in [6.45, 7) is 0. The first-order valence-electron chi connectivity index (χ1n) is 2.60. The van der Waals surface area contributed by atoms with Crippen LogP contribution in [0.2, 0.25) is 0 Å². The molecule has 0 N–H and O–H groups in total. The monoisotopic (exact) mass is 450 g/mol. The number of hydrogen-bond acceptors (Lipinski definition) is 3. The molecule has 0 spiro atoms. The molecule has 1 nitrogen and oxygen atoms in total. The molecule has 0 fully saturated rings. The quantitative estimate of drug-likeness (QED) is 0.332. The van der Waals surface area contributed by atoms with Crippen LogP contribution in [0.25, 0.3) is 0 Å². The van der Waals surface area contributed by atoms with Gasteiger partial charge in [-0.15, -0.1) is 0 Å². The zero-order chi connectivity index (χ0) is 8.69. The van der Waals surface area contributed by atoms with E-state index in [1.807, 2.05) is 0 Å². The second-order valence-corrected chi connectivity index (χ2v) is 9.98. The van der Waals surface area contributed by atoms with E-state index in [1.165, 1.54) is 24.1 Å². The molecule has 0 bridgehead atoms. The van der Waals surface area contributed by atoms with Crippen LogP contribution in [-0.4, -0.2) is 19.0 Å². The maximum Gasteiger partial charge on any atom is 0.0810 e. The van der Waals surface area contributed by atoms with Crippen molar-refractivity contribution in [2.75, 3.05) is 11.5 Å². The van der Waals surface area contributed by atoms with E-state index in [2.05, 4.69) is 63.7 Å². The SMILES string of the molecule is BrC(Br)CSOSCC(Br)Br. The lowest BCUT2D eigenvalue weighted by Gasteiger charge is -2.01. The minimum absolute atomic E-state index is 0.323. The molecule has 0 aliphatic carbocycles. The second kappa shape index (κ2) is 9.15. The fourth-order valence-electron chi connectivity index (χ4n) is 0.192. The minimum Gasteiger partial charge on any atom is -0.247 e. The highest BCUT2D eigenvalue weighted by molar-refractivity contribution is 9.25. The lowest BCUT2D eigenvalue weighted by molar-refractivity contribution is 0.759. The van der Waals surface area contributed by atoms with Crippen LogP contribution < -0.4 is 0 Å². The summed E-state index contributed by atoms with van der Waals surface area (Å²) in [5.41, 5.74) is 0. The normalized spacial score (nSPS) is 11.5. The summed E-state index contributed by atoms with van der Waals surface area (Å²) < 4.78 is 5.82. The average Bonchev–Trinajstić information content (AvgIpc) is 1.85. The van der Waals surface area contributed by atoms with Crippen molar-refractivity contribution in [3.63, 3.8) is 0 Å². The van der Waals surface area contributed by atoms with Crippen LogP contribution >= 0.6 is 87.8 Å². The molecule has 0 saturated heterocycles. The Morgan fingerprint density at radius 1 is 0.909 bits per heavy atom. The number of halogens is 4. The van der Waals surface area contributed by atoms with Crippen molar-refractivity contribution in [2.24, 2.45) is 0 Å². The molecular formula is C4H6Br4OS2. The summed E-state index contributed by atoms with van der Waals surface area (Å²) in [7, 11) is 0. The molecule has 0 saturated carbocycles. The van der Waals surface area contributed by atoms with Crippen LogP contribution in [0.4, 0.5) is 0 Å². The third kappa shape index (κ3) is 12.6. The Morgan fingerprint density at radius 2 is 1.27 bits per heavy atom. The number of rotatable bonds is 6. The van der Waals surface area contributed by atoms with Crippen molar-refractivity contribution in [3.05, 3.63) is 0 Å². The van der Waals surface area contributed by atoms with Crippen LogP contribution in [0.5, 0.6) is 0 Å². The third-order valence-corrected chi connectivity index (χ3v) is 5.20. The van der Waals surface area contributed by atoms with Crippen LogP contribution in [0, 0.1) is 0 Å². The maximum absolute atomic E-state index is 5.17. The van der Waals surface area contributed by atoms with Crippen molar-refractivity contribution in [2.45, 2.75) is 7.47 Å². The van der Waals surface area contributed by atoms with E-state index in [0.29, 0.717) is 7.47 Å². The fourth-order valence-corrected chi connectivity index (χ4v) is 2.41. The maximum atomic E-state index is 5.17. The smallest absolute Gasteiger partial charge is 0.0810 e. The van der Waals surface area contributed by atoms with Gasteiger partial charge in [-0.3, -0.25) is 0 Å². The van der Waals surface area contributed by atoms with Crippen LogP contribution in [-0.2, 0) is 3.63 Å². The van der Waals surface area contributed by atoms with E-state index >= 15 is 0 Å². The van der Waals surface area contributed by atoms with Gasteiger partial charge in [-0.05, 0) is 0 Å². The summed E-state index contributed by atoms with van der Waals surface area (Å²) >= 11 is 16.2. The van der Waals surface area contributed by atoms with Gasteiger partial charge in [-0.1, -0.05) is 63.7 Å². The minimum atomic E-state index is 0.323. The van der Waals surface area contributed by atoms with E-state index in [1.54, 1.807) is 0 Å². The summed E-state index contributed by atoms with van der Waals surface area (Å²) in [6.07, 6.45) is 0. The molecule has 0 unspecified atom stereocenters. The Hall–Kier alpha value is 2.58. The van der Waals surface area contributed by atoms with E-state index in [4.69, 9.17) is 3.63 Å². The molecule has 0 amide bonds. The van der Waals surface area contributed by atoms with Gasteiger partial charge in [0, 0.05) is 35.6 Å². The van der Waals surface area contributed by atoms with Crippen molar-refractivity contribution in [1.82, 2.24) is 0 Å². The highest BCUT2D eigenvalue weighted by atomic mass is 79.9. The first-order chi connectivity index (χ1) is 5.13. The van der Waals surface area contributed by atoms with Crippen molar-refractivity contribution in [1.29, 1.82) is 0 Å². The molecule has 0 radical (unpaired) electrons. The largest absolute Gasteiger partial charge is 0.247 e. The zero-order valence-electron chi connectivity index (χ0n) is 5.31. The van der Waals surface area contributed by atoms with Gasteiger partial charge < -0.3 is 0 Å². The summed E-state index contributed by atoms with van der Waals surface area (Å²) in [5, 5.41) is 0. The van der Waals surface area contributed by atoms with Crippen LogP contribution in [0.3, 0.4) is 0 Å². The third-order valence-electron chi connectivity index (χ3n) is 0.484. The fraction of sp³-hybridized carbons (Fsp3) is 1.00. The van der Waals surface area contributed by atoms with Crippen molar-refractivity contribution < 1.29 is 3.63 Å². The Labute approximate surface area is 109 Å². The van der Waals surface area contributed by atoms with Gasteiger partial charge in [0.05, 0.1) is 7.47 Å². The van der Waals surface area contributed by atoms with E-state index in [9.17, 15) is 0 Å². The highest BCUT2D eigenvalue weighted by Crippen LogP contribution is 2.23. The van der Waals surface area contributed by atoms with Gasteiger partial charge >= 0.3 is 0 Å². The highest BCUT2D eigenvalue weighted by Gasteiger charge is 2.01. The van der Waals surface area contributed by atoms with E-state index < -0.39 is 0 Å². The molecule has 0 aliphatic heterocycles. The molecule has 68 valence electrons. The molecule has 11 heavy (non-hydrogen) atoms. The molecular weight excluding hydrogens is 448 g/mol. The van der Waals surface area contributed by atoms with Gasteiger partial charge in [-0.25, -0.2) is 3.63 Å². The topological polar surface area (TPSA) is 9.23 Å².